The molecule has 0 aromatic heterocycles. The Morgan fingerprint density at radius 1 is 1.26 bits per heavy atom. The van der Waals surface area contributed by atoms with Crippen molar-refractivity contribution in [1.29, 1.82) is 0 Å². The zero-order chi connectivity index (χ0) is 30.8. The van der Waals surface area contributed by atoms with E-state index in [0.717, 1.165) is 18.4 Å². The van der Waals surface area contributed by atoms with E-state index in [-0.39, 0.29) is 24.5 Å². The quantitative estimate of drug-likeness (QED) is 0.165. The van der Waals surface area contributed by atoms with Crippen molar-refractivity contribution in [2.75, 3.05) is 31.3 Å². The van der Waals surface area contributed by atoms with Gasteiger partial charge in [-0.15, -0.1) is 0 Å². The van der Waals surface area contributed by atoms with E-state index in [2.05, 4.69) is 16.6 Å². The number of amides is 1. The molecule has 7 nitrogen and oxygen atoms in total. The lowest BCUT2D eigenvalue weighted by Gasteiger charge is -2.36. The molecular formula is C32H38Cl2FN3O4. The van der Waals surface area contributed by atoms with E-state index >= 15 is 4.39 Å². The molecule has 3 atom stereocenters. The minimum atomic E-state index is -0.717. The maximum Gasteiger partial charge on any atom is 0.337 e. The van der Waals surface area contributed by atoms with Crippen molar-refractivity contribution < 1.29 is 23.8 Å². The number of nitrogens with two attached hydrogens (primary N) is 1. The molecule has 10 heteroatoms. The van der Waals surface area contributed by atoms with Gasteiger partial charge in [0.15, 0.2) is 0 Å². The third-order valence-corrected chi connectivity index (χ3v) is 7.95. The van der Waals surface area contributed by atoms with E-state index in [1.807, 2.05) is 11.8 Å². The summed E-state index contributed by atoms with van der Waals surface area (Å²) >= 11 is 11.7. The number of aliphatic hydroxyl groups is 1. The van der Waals surface area contributed by atoms with Gasteiger partial charge in [-0.1, -0.05) is 54.4 Å². The number of esters is 1. The molecule has 0 spiro atoms. The predicted molar refractivity (Wildman–Crippen MR) is 167 cm³/mol. The number of aliphatic hydroxyl groups excluding tert-OH is 1. The van der Waals surface area contributed by atoms with Gasteiger partial charge in [-0.05, 0) is 80.2 Å². The first-order valence-electron chi connectivity index (χ1n) is 13.8. The van der Waals surface area contributed by atoms with Crippen LogP contribution in [0.15, 0.2) is 78.1 Å². The van der Waals surface area contributed by atoms with Gasteiger partial charge in [0.25, 0.3) is 0 Å². The topological polar surface area (TPSA) is 105 Å². The highest BCUT2D eigenvalue weighted by Gasteiger charge is 2.47. The second-order valence-corrected chi connectivity index (χ2v) is 11.5. The highest BCUT2D eigenvalue weighted by Crippen LogP contribution is 2.39. The van der Waals surface area contributed by atoms with Crippen LogP contribution in [0.1, 0.15) is 41.6 Å². The SMILES string of the molecule is C=C(Cl)/C=C\C=C(/F)C1C[C@H](CO)N(CC2CCC2)C1C(=O)Nc1cccc(Cl)c1.COC(=O)c1ccc(C)c(N)c1. The van der Waals surface area contributed by atoms with Crippen molar-refractivity contribution >= 4 is 46.5 Å². The van der Waals surface area contributed by atoms with Crippen LogP contribution in [-0.2, 0) is 9.53 Å². The lowest BCUT2D eigenvalue weighted by Crippen LogP contribution is -2.49. The summed E-state index contributed by atoms with van der Waals surface area (Å²) in [4.78, 5) is 26.2. The van der Waals surface area contributed by atoms with E-state index in [1.165, 1.54) is 31.8 Å². The monoisotopic (exact) mass is 617 g/mol. The number of anilines is 2. The van der Waals surface area contributed by atoms with Gasteiger partial charge in [-0.3, -0.25) is 9.69 Å². The first-order valence-corrected chi connectivity index (χ1v) is 14.5. The number of ether oxygens (including phenoxy) is 1. The van der Waals surface area contributed by atoms with Gasteiger partial charge in [-0.25, -0.2) is 9.18 Å². The molecule has 4 rings (SSSR count). The average Bonchev–Trinajstić information content (AvgIpc) is 3.30. The average molecular weight is 619 g/mol. The van der Waals surface area contributed by atoms with Crippen LogP contribution in [0.5, 0.6) is 0 Å². The van der Waals surface area contributed by atoms with E-state index in [1.54, 1.807) is 42.5 Å². The fraction of sp³-hybridized carbons (Fsp3) is 0.375. The molecule has 2 fully saturated rings. The highest BCUT2D eigenvalue weighted by atomic mass is 35.5. The number of benzene rings is 2. The molecule has 1 aliphatic carbocycles. The third-order valence-electron chi connectivity index (χ3n) is 7.59. The van der Waals surface area contributed by atoms with Gasteiger partial charge in [0.2, 0.25) is 5.91 Å². The summed E-state index contributed by atoms with van der Waals surface area (Å²) < 4.78 is 19.7. The summed E-state index contributed by atoms with van der Waals surface area (Å²) in [5, 5.41) is 13.6. The second kappa shape index (κ2) is 15.9. The molecule has 226 valence electrons. The molecule has 1 amide bonds. The van der Waals surface area contributed by atoms with Gasteiger partial charge in [0.1, 0.15) is 5.83 Å². The van der Waals surface area contributed by atoms with Crippen LogP contribution >= 0.6 is 23.2 Å². The van der Waals surface area contributed by atoms with Crippen molar-refractivity contribution in [3.63, 3.8) is 0 Å². The number of aryl methyl sites for hydroxylation is 1. The lowest BCUT2D eigenvalue weighted by molar-refractivity contribution is -0.122. The Bertz CT molecular complexity index is 1330. The number of likely N-dealkylation sites (tertiary alicyclic amines) is 1. The summed E-state index contributed by atoms with van der Waals surface area (Å²) in [6.07, 6.45) is 8.04. The fourth-order valence-electron chi connectivity index (χ4n) is 5.06. The Morgan fingerprint density at radius 2 is 2.00 bits per heavy atom. The Labute approximate surface area is 256 Å². The van der Waals surface area contributed by atoms with E-state index < -0.39 is 17.8 Å². The molecule has 42 heavy (non-hydrogen) atoms. The number of nitrogens with one attached hydrogen (secondary N) is 1. The molecule has 0 bridgehead atoms. The van der Waals surface area contributed by atoms with Gasteiger partial charge in [-0.2, -0.15) is 0 Å². The Morgan fingerprint density at radius 3 is 2.57 bits per heavy atom. The van der Waals surface area contributed by atoms with Crippen LogP contribution < -0.4 is 11.1 Å². The zero-order valence-electron chi connectivity index (χ0n) is 23.9. The second-order valence-electron chi connectivity index (χ2n) is 10.5. The van der Waals surface area contributed by atoms with Crippen molar-refractivity contribution in [3.8, 4) is 0 Å². The minimum Gasteiger partial charge on any atom is -0.465 e. The van der Waals surface area contributed by atoms with E-state index in [9.17, 15) is 14.7 Å². The maximum atomic E-state index is 15.1. The van der Waals surface area contributed by atoms with E-state index in [0.29, 0.717) is 45.9 Å². The Kier molecular flexibility index (Phi) is 12.6. The van der Waals surface area contributed by atoms with Gasteiger partial charge < -0.3 is 20.9 Å². The van der Waals surface area contributed by atoms with Crippen molar-refractivity contribution in [1.82, 2.24) is 4.90 Å². The van der Waals surface area contributed by atoms with Crippen LogP contribution in [0.25, 0.3) is 0 Å². The summed E-state index contributed by atoms with van der Waals surface area (Å²) in [5.41, 5.74) is 8.22. The smallest absolute Gasteiger partial charge is 0.337 e. The minimum absolute atomic E-state index is 0.119. The number of nitrogen functional groups attached to an aromatic ring is 1. The van der Waals surface area contributed by atoms with Crippen LogP contribution in [0.4, 0.5) is 15.8 Å². The molecule has 4 N–H and O–H groups in total. The van der Waals surface area contributed by atoms with Crippen LogP contribution in [0.2, 0.25) is 5.02 Å². The number of halogens is 3. The van der Waals surface area contributed by atoms with E-state index in [4.69, 9.17) is 28.9 Å². The number of nitrogens with zero attached hydrogens (tertiary/aromatic N) is 1. The van der Waals surface area contributed by atoms with Crippen LogP contribution in [0, 0.1) is 18.8 Å². The molecule has 2 aromatic rings. The molecule has 1 heterocycles. The van der Waals surface area contributed by atoms with Gasteiger partial charge >= 0.3 is 5.97 Å². The van der Waals surface area contributed by atoms with Crippen molar-refractivity contribution in [3.05, 3.63) is 94.3 Å². The van der Waals surface area contributed by atoms with Gasteiger partial charge in [0.05, 0.1) is 25.3 Å². The summed E-state index contributed by atoms with van der Waals surface area (Å²) in [6.45, 7) is 5.99. The molecule has 1 saturated heterocycles. The van der Waals surface area contributed by atoms with Crippen LogP contribution in [0.3, 0.4) is 0 Å². The standard InChI is InChI=1S/C23H27Cl2FN2O2.C9H11NO2/c1-15(24)5-2-10-21(26)20-12-19(14-29)28(13-16-6-3-7-16)22(20)23(30)27-18-9-4-8-17(25)11-18;1-6-3-4-7(5-8(6)10)9(11)12-2/h2,4-5,8-11,16,19-20,22,29H,1,3,6-7,12-14H2,(H,27,30);3-5H,10H2,1-2H3/b5-2-,21-10-;/t19-,20?,22?;/m1./s1. The third kappa shape index (κ3) is 9.16. The first kappa shape index (κ1) is 33.3. The number of methoxy groups -OCH3 is 1. The van der Waals surface area contributed by atoms with Crippen molar-refractivity contribution in [2.45, 2.75) is 44.7 Å². The summed E-state index contributed by atoms with van der Waals surface area (Å²) in [5.74, 6) is -1.25. The molecular weight excluding hydrogens is 580 g/mol. The molecule has 0 radical (unpaired) electrons. The largest absolute Gasteiger partial charge is 0.465 e. The zero-order valence-corrected chi connectivity index (χ0v) is 25.4. The number of hydrogen-bond donors (Lipinski definition) is 3. The summed E-state index contributed by atoms with van der Waals surface area (Å²) in [7, 11) is 1.35. The van der Waals surface area contributed by atoms with Gasteiger partial charge in [0, 0.05) is 39.9 Å². The molecule has 2 aliphatic rings. The Hall–Kier alpha value is -3.17. The molecule has 2 aromatic carbocycles. The normalized spacial score (nSPS) is 20.9. The first-order chi connectivity index (χ1) is 20.0. The number of carbonyl (C=O) groups excluding carboxylic acids is 2. The number of carbonyl (C=O) groups is 2. The molecule has 2 unspecified atom stereocenters. The Balaban J connectivity index is 0.000000337. The summed E-state index contributed by atoms with van der Waals surface area (Å²) in [6, 6.07) is 11.0. The highest BCUT2D eigenvalue weighted by molar-refractivity contribution is 6.31. The maximum absolute atomic E-state index is 15.1. The van der Waals surface area contributed by atoms with Crippen molar-refractivity contribution in [2.24, 2.45) is 11.8 Å². The number of allylic oxidation sites excluding steroid dienone is 4. The molecule has 1 saturated carbocycles. The molecule has 1 aliphatic heterocycles. The number of hydrogen-bond acceptors (Lipinski definition) is 6. The van der Waals surface area contributed by atoms with Crippen LogP contribution in [-0.4, -0.2) is 54.2 Å². The lowest BCUT2D eigenvalue weighted by atomic mass is 9.84. The predicted octanol–water partition coefficient (Wildman–Crippen LogP) is 6.66. The number of rotatable bonds is 9. The fourth-order valence-corrected chi connectivity index (χ4v) is 5.33.